The van der Waals surface area contributed by atoms with Crippen LogP contribution in [0.3, 0.4) is 0 Å². The highest BCUT2D eigenvalue weighted by Crippen LogP contribution is 2.19. The van der Waals surface area contributed by atoms with E-state index in [0.29, 0.717) is 5.58 Å². The fourth-order valence-corrected chi connectivity index (χ4v) is 2.09. The first kappa shape index (κ1) is 14.3. The molecule has 0 saturated carbocycles. The number of primary amides is 1. The van der Waals surface area contributed by atoms with Crippen LogP contribution in [0.2, 0.25) is 0 Å². The van der Waals surface area contributed by atoms with Crippen molar-refractivity contribution in [1.82, 2.24) is 0 Å². The molecule has 106 valence electrons. The second-order valence-electron chi connectivity index (χ2n) is 5.03. The van der Waals surface area contributed by atoms with Crippen molar-refractivity contribution in [1.29, 1.82) is 0 Å². The summed E-state index contributed by atoms with van der Waals surface area (Å²) < 4.78 is 5.22. The number of benzene rings is 1. The van der Waals surface area contributed by atoms with Gasteiger partial charge in [-0.05, 0) is 31.0 Å². The van der Waals surface area contributed by atoms with Crippen molar-refractivity contribution in [3.63, 3.8) is 0 Å². The van der Waals surface area contributed by atoms with Gasteiger partial charge in [0.1, 0.15) is 11.2 Å². The fourth-order valence-electron chi connectivity index (χ4n) is 2.09. The molecule has 0 aliphatic rings. The molecule has 2 aromatic rings. The molecule has 5 nitrogen and oxygen atoms in total. The number of carbonyl (C=O) groups is 1. The molecule has 5 heteroatoms. The molecule has 3 N–H and O–H groups in total. The third-order valence-electron chi connectivity index (χ3n) is 3.49. The largest absolute Gasteiger partial charge is 0.423 e. The third kappa shape index (κ3) is 2.58. The summed E-state index contributed by atoms with van der Waals surface area (Å²) in [7, 11) is 0. The molecule has 1 amide bonds. The van der Waals surface area contributed by atoms with Crippen LogP contribution in [-0.4, -0.2) is 16.6 Å². The Balaban J connectivity index is 2.50. The van der Waals surface area contributed by atoms with E-state index < -0.39 is 17.1 Å². The summed E-state index contributed by atoms with van der Waals surface area (Å²) in [4.78, 5) is 23.2. The molecule has 1 unspecified atom stereocenters. The third-order valence-corrected chi connectivity index (χ3v) is 3.49. The summed E-state index contributed by atoms with van der Waals surface area (Å²) in [6.45, 7) is 3.53. The Morgan fingerprint density at radius 3 is 2.70 bits per heavy atom. The molecule has 0 bridgehead atoms. The van der Waals surface area contributed by atoms with E-state index in [1.54, 1.807) is 19.1 Å². The maximum atomic E-state index is 11.9. The number of aliphatic hydroxyl groups is 1. The first-order valence-electron chi connectivity index (χ1n) is 6.41. The molecule has 0 aliphatic carbocycles. The smallest absolute Gasteiger partial charge is 0.339 e. The van der Waals surface area contributed by atoms with Crippen molar-refractivity contribution in [2.75, 3.05) is 0 Å². The van der Waals surface area contributed by atoms with Crippen LogP contribution < -0.4 is 11.4 Å². The lowest BCUT2D eigenvalue weighted by molar-refractivity contribution is -0.136. The van der Waals surface area contributed by atoms with Gasteiger partial charge in [-0.15, -0.1) is 0 Å². The summed E-state index contributed by atoms with van der Waals surface area (Å²) in [5.41, 5.74) is 4.61. The molecule has 0 aliphatic heterocycles. The number of carbonyl (C=O) groups excluding carboxylic acids is 1. The van der Waals surface area contributed by atoms with Crippen LogP contribution in [0, 0.1) is 6.92 Å². The number of amides is 1. The Kier molecular flexibility index (Phi) is 3.63. The topological polar surface area (TPSA) is 93.5 Å². The van der Waals surface area contributed by atoms with Gasteiger partial charge in [-0.3, -0.25) is 4.79 Å². The van der Waals surface area contributed by atoms with Crippen molar-refractivity contribution < 1.29 is 14.3 Å². The highest BCUT2D eigenvalue weighted by Gasteiger charge is 2.33. The highest BCUT2D eigenvalue weighted by molar-refractivity contribution is 5.84. The number of aryl methyl sites for hydroxylation is 1. The first-order valence-corrected chi connectivity index (χ1v) is 6.41. The zero-order chi connectivity index (χ0) is 14.9. The Hall–Kier alpha value is -2.14. The lowest BCUT2D eigenvalue weighted by Crippen LogP contribution is -2.46. The normalized spacial score (nSPS) is 14.2. The van der Waals surface area contributed by atoms with E-state index in [4.69, 9.17) is 10.2 Å². The van der Waals surface area contributed by atoms with Crippen molar-refractivity contribution in [2.24, 2.45) is 5.73 Å². The van der Waals surface area contributed by atoms with Gasteiger partial charge in [0.05, 0.1) is 0 Å². The molecular formula is C15H17NO4. The summed E-state index contributed by atoms with van der Waals surface area (Å²) in [5, 5.41) is 10.9. The predicted molar refractivity (Wildman–Crippen MR) is 75.4 cm³/mol. The molecule has 1 atom stereocenters. The molecule has 0 radical (unpaired) electrons. The minimum atomic E-state index is -1.73. The molecule has 0 spiro atoms. The minimum Gasteiger partial charge on any atom is -0.423 e. The number of hydrogen-bond donors (Lipinski definition) is 2. The maximum absolute atomic E-state index is 11.9. The van der Waals surface area contributed by atoms with Crippen molar-refractivity contribution >= 4 is 16.9 Å². The van der Waals surface area contributed by atoms with Crippen LogP contribution in [-0.2, 0) is 11.2 Å². The SMILES string of the molecule is CCC(O)(Cc1cc2ccc(C)cc2oc1=O)C(N)=O. The summed E-state index contributed by atoms with van der Waals surface area (Å²) in [5.74, 6) is -0.844. The van der Waals surface area contributed by atoms with Gasteiger partial charge < -0.3 is 15.3 Å². The quantitative estimate of drug-likeness (QED) is 0.822. The molecule has 0 fully saturated rings. The lowest BCUT2D eigenvalue weighted by Gasteiger charge is -2.22. The first-order chi connectivity index (χ1) is 9.35. The molecule has 0 saturated heterocycles. The second kappa shape index (κ2) is 5.09. The highest BCUT2D eigenvalue weighted by atomic mass is 16.4. The molecule has 1 heterocycles. The van der Waals surface area contributed by atoms with E-state index in [9.17, 15) is 14.7 Å². The zero-order valence-electron chi connectivity index (χ0n) is 11.5. The monoisotopic (exact) mass is 275 g/mol. The Labute approximate surface area is 116 Å². The van der Waals surface area contributed by atoms with Gasteiger partial charge in [-0.25, -0.2) is 4.79 Å². The van der Waals surface area contributed by atoms with Gasteiger partial charge in [-0.2, -0.15) is 0 Å². The standard InChI is InChI=1S/C15H17NO4/c1-3-15(19,14(16)18)8-11-7-10-5-4-9(2)6-12(10)20-13(11)17/h4-7,19H,3,8H2,1-2H3,(H2,16,18). The summed E-state index contributed by atoms with van der Waals surface area (Å²) in [6, 6.07) is 7.11. The lowest BCUT2D eigenvalue weighted by atomic mass is 9.91. The van der Waals surface area contributed by atoms with Gasteiger partial charge in [-0.1, -0.05) is 19.1 Å². The van der Waals surface area contributed by atoms with E-state index in [-0.39, 0.29) is 18.4 Å². The molecule has 2 rings (SSSR count). The van der Waals surface area contributed by atoms with Gasteiger partial charge in [0.25, 0.3) is 0 Å². The summed E-state index contributed by atoms with van der Waals surface area (Å²) >= 11 is 0. The van der Waals surface area contributed by atoms with Crippen LogP contribution in [0.15, 0.2) is 33.5 Å². The van der Waals surface area contributed by atoms with Gasteiger partial charge >= 0.3 is 5.63 Å². The Bertz CT molecular complexity index is 719. The van der Waals surface area contributed by atoms with Gasteiger partial charge in [0, 0.05) is 17.4 Å². The molecule has 1 aromatic carbocycles. The fraction of sp³-hybridized carbons (Fsp3) is 0.333. The maximum Gasteiger partial charge on any atom is 0.339 e. The van der Waals surface area contributed by atoms with Crippen LogP contribution in [0.5, 0.6) is 0 Å². The van der Waals surface area contributed by atoms with Gasteiger partial charge in [0.15, 0.2) is 0 Å². The number of fused-ring (bicyclic) bond motifs is 1. The number of hydrogen-bond acceptors (Lipinski definition) is 4. The van der Waals surface area contributed by atoms with Crippen molar-refractivity contribution in [3.05, 3.63) is 45.8 Å². The predicted octanol–water partition coefficient (Wildman–Crippen LogP) is 1.27. The number of nitrogens with two attached hydrogens (primary N) is 1. The Morgan fingerprint density at radius 2 is 2.10 bits per heavy atom. The summed E-state index contributed by atoms with van der Waals surface area (Å²) in [6.07, 6.45) is -0.0152. The number of rotatable bonds is 4. The van der Waals surface area contributed by atoms with E-state index in [1.165, 1.54) is 0 Å². The van der Waals surface area contributed by atoms with Gasteiger partial charge in [0.2, 0.25) is 5.91 Å². The van der Waals surface area contributed by atoms with Crippen molar-refractivity contribution in [3.8, 4) is 0 Å². The molecular weight excluding hydrogens is 258 g/mol. The van der Waals surface area contributed by atoms with Crippen LogP contribution in [0.25, 0.3) is 11.0 Å². The molecule has 1 aromatic heterocycles. The second-order valence-corrected chi connectivity index (χ2v) is 5.03. The van der Waals surface area contributed by atoms with E-state index >= 15 is 0 Å². The average Bonchev–Trinajstić information content (AvgIpc) is 2.39. The zero-order valence-corrected chi connectivity index (χ0v) is 11.5. The van der Waals surface area contributed by atoms with Crippen LogP contribution >= 0.6 is 0 Å². The van der Waals surface area contributed by atoms with Crippen LogP contribution in [0.4, 0.5) is 0 Å². The van der Waals surface area contributed by atoms with E-state index in [0.717, 1.165) is 10.9 Å². The van der Waals surface area contributed by atoms with E-state index in [1.807, 2.05) is 19.1 Å². The minimum absolute atomic E-state index is 0.133. The molecule has 20 heavy (non-hydrogen) atoms. The van der Waals surface area contributed by atoms with Crippen LogP contribution in [0.1, 0.15) is 24.5 Å². The van der Waals surface area contributed by atoms with E-state index in [2.05, 4.69) is 0 Å². The van der Waals surface area contributed by atoms with Crippen molar-refractivity contribution in [2.45, 2.75) is 32.3 Å². The Morgan fingerprint density at radius 1 is 1.40 bits per heavy atom. The average molecular weight is 275 g/mol.